The maximum atomic E-state index is 6.84. The fourth-order valence-corrected chi connectivity index (χ4v) is 8.47. The largest absolute Gasteiger partial charge is 0.456 e. The molecule has 5 heteroatoms. The molecule has 5 nitrogen and oxygen atoms in total. The van der Waals surface area contributed by atoms with Gasteiger partial charge >= 0.3 is 0 Å². The highest BCUT2D eigenvalue weighted by molar-refractivity contribution is 6.24. The van der Waals surface area contributed by atoms with E-state index in [1.807, 2.05) is 24.3 Å². The lowest BCUT2D eigenvalue weighted by Crippen LogP contribution is -2.00. The van der Waals surface area contributed by atoms with Gasteiger partial charge in [0, 0.05) is 43.8 Å². The van der Waals surface area contributed by atoms with E-state index in [0.717, 1.165) is 104 Å². The van der Waals surface area contributed by atoms with Crippen molar-refractivity contribution in [1.29, 1.82) is 0 Å². The molecular weight excluding hydrogens is 687 g/mol. The molecule has 3 heterocycles. The predicted octanol–water partition coefficient (Wildman–Crippen LogP) is 13.8. The zero-order valence-electron chi connectivity index (χ0n) is 29.9. The Morgan fingerprint density at radius 3 is 1.59 bits per heavy atom. The summed E-state index contributed by atoms with van der Waals surface area (Å²) in [5, 5.41) is 11.0. The number of rotatable bonds is 4. The molecule has 0 aliphatic rings. The van der Waals surface area contributed by atoms with Crippen molar-refractivity contribution < 1.29 is 8.83 Å². The van der Waals surface area contributed by atoms with Gasteiger partial charge in [0.1, 0.15) is 22.3 Å². The first-order valence-corrected chi connectivity index (χ1v) is 18.8. The van der Waals surface area contributed by atoms with Crippen LogP contribution in [0.1, 0.15) is 0 Å². The lowest BCUT2D eigenvalue weighted by Gasteiger charge is -2.11. The molecule has 0 N–H and O–H groups in total. The van der Waals surface area contributed by atoms with E-state index >= 15 is 0 Å². The van der Waals surface area contributed by atoms with Gasteiger partial charge < -0.3 is 8.83 Å². The Morgan fingerprint density at radius 1 is 0.304 bits per heavy atom. The van der Waals surface area contributed by atoms with Crippen LogP contribution >= 0.6 is 0 Å². The molecular formula is C51H29N3O2. The molecule has 12 aromatic rings. The Hall–Kier alpha value is -7.63. The molecule has 0 fully saturated rings. The number of hydrogen-bond acceptors (Lipinski definition) is 5. The van der Waals surface area contributed by atoms with Gasteiger partial charge in [-0.05, 0) is 68.2 Å². The van der Waals surface area contributed by atoms with Gasteiger partial charge in [-0.25, -0.2) is 15.0 Å². The zero-order valence-corrected chi connectivity index (χ0v) is 29.9. The molecule has 0 radical (unpaired) electrons. The quantitative estimate of drug-likeness (QED) is 0.181. The summed E-state index contributed by atoms with van der Waals surface area (Å²) in [5.41, 5.74) is 8.06. The molecule has 56 heavy (non-hydrogen) atoms. The standard InChI is InChI=1S/C51H29N3O2/c1-3-13-32-27-34(25-23-30(32)11-1)49-52-50(35-26-24-31-12-2-4-14-33(31)28-35)54-51(53-49)41-20-10-22-44-47(41)40-19-9-18-38(48(40)56-44)42-29-45-46(37-16-6-5-15-36(37)42)39-17-7-8-21-43(39)55-45/h1-29H. The molecule has 12 rings (SSSR count). The highest BCUT2D eigenvalue weighted by Gasteiger charge is 2.22. The number of furan rings is 2. The number of fused-ring (bicyclic) bond motifs is 10. The van der Waals surface area contributed by atoms with E-state index in [1.54, 1.807) is 0 Å². The third kappa shape index (κ3) is 4.71. The fourth-order valence-electron chi connectivity index (χ4n) is 8.47. The summed E-state index contributed by atoms with van der Waals surface area (Å²) in [5.74, 6) is 1.80. The molecule has 0 saturated heterocycles. The molecule has 0 amide bonds. The van der Waals surface area contributed by atoms with E-state index in [0.29, 0.717) is 17.5 Å². The molecule has 0 saturated carbocycles. The van der Waals surface area contributed by atoms with E-state index < -0.39 is 0 Å². The summed E-state index contributed by atoms with van der Waals surface area (Å²) >= 11 is 0. The third-order valence-electron chi connectivity index (χ3n) is 11.1. The lowest BCUT2D eigenvalue weighted by molar-refractivity contribution is 0.668. The number of aromatic nitrogens is 3. The van der Waals surface area contributed by atoms with Crippen LogP contribution in [0.5, 0.6) is 0 Å². The summed E-state index contributed by atoms with van der Waals surface area (Å²) in [6.07, 6.45) is 0. The van der Waals surface area contributed by atoms with Gasteiger partial charge in [0.05, 0.1) is 0 Å². The van der Waals surface area contributed by atoms with Crippen LogP contribution in [0.3, 0.4) is 0 Å². The minimum atomic E-state index is 0.583. The zero-order chi connectivity index (χ0) is 36.7. The number of benzene rings is 9. The van der Waals surface area contributed by atoms with Gasteiger partial charge in [0.2, 0.25) is 0 Å². The van der Waals surface area contributed by atoms with Crippen molar-refractivity contribution in [2.75, 3.05) is 0 Å². The van der Waals surface area contributed by atoms with Gasteiger partial charge in [-0.15, -0.1) is 0 Å². The molecule has 0 unspecified atom stereocenters. The monoisotopic (exact) mass is 715 g/mol. The average Bonchev–Trinajstić information content (AvgIpc) is 3.84. The summed E-state index contributed by atoms with van der Waals surface area (Å²) in [6, 6.07) is 60.9. The van der Waals surface area contributed by atoms with E-state index in [-0.39, 0.29) is 0 Å². The minimum absolute atomic E-state index is 0.583. The lowest BCUT2D eigenvalue weighted by atomic mass is 9.93. The van der Waals surface area contributed by atoms with Gasteiger partial charge in [-0.1, -0.05) is 146 Å². The van der Waals surface area contributed by atoms with E-state index in [1.165, 1.54) is 0 Å². The van der Waals surface area contributed by atoms with E-state index in [4.69, 9.17) is 23.8 Å². The van der Waals surface area contributed by atoms with Crippen LogP contribution in [-0.2, 0) is 0 Å². The molecule has 3 aromatic heterocycles. The predicted molar refractivity (Wildman–Crippen MR) is 229 cm³/mol. The molecule has 0 spiro atoms. The van der Waals surface area contributed by atoms with Gasteiger partial charge in [0.25, 0.3) is 0 Å². The Kier molecular flexibility index (Phi) is 6.56. The first kappa shape index (κ1) is 30.8. The molecule has 9 aromatic carbocycles. The van der Waals surface area contributed by atoms with Crippen LogP contribution in [0.4, 0.5) is 0 Å². The van der Waals surface area contributed by atoms with Gasteiger partial charge in [-0.3, -0.25) is 0 Å². The van der Waals surface area contributed by atoms with Crippen LogP contribution in [0.2, 0.25) is 0 Å². The summed E-state index contributed by atoms with van der Waals surface area (Å²) in [4.78, 5) is 15.5. The van der Waals surface area contributed by atoms with Crippen LogP contribution in [0.15, 0.2) is 185 Å². The van der Waals surface area contributed by atoms with Crippen molar-refractivity contribution in [3.05, 3.63) is 176 Å². The number of hydrogen-bond donors (Lipinski definition) is 0. The first-order valence-electron chi connectivity index (χ1n) is 18.8. The second-order valence-corrected chi connectivity index (χ2v) is 14.3. The smallest absolute Gasteiger partial charge is 0.164 e. The second kappa shape index (κ2) is 11.9. The first-order chi connectivity index (χ1) is 27.7. The van der Waals surface area contributed by atoms with Crippen molar-refractivity contribution in [2.45, 2.75) is 0 Å². The SMILES string of the molecule is c1ccc2cc(-c3nc(-c4ccc5ccccc5c4)nc(-c4cccc5oc6c(-c7cc8oc9ccccc9c8c8ccccc78)cccc6c45)n3)ccc2c1. The highest BCUT2D eigenvalue weighted by atomic mass is 16.3. The fraction of sp³-hybridized carbons (Fsp3) is 0. The molecule has 0 bridgehead atoms. The highest BCUT2D eigenvalue weighted by Crippen LogP contribution is 2.45. The summed E-state index contributed by atoms with van der Waals surface area (Å²) in [7, 11) is 0. The van der Waals surface area contributed by atoms with Crippen molar-refractivity contribution in [3.63, 3.8) is 0 Å². The van der Waals surface area contributed by atoms with Crippen LogP contribution in [0.25, 0.3) is 121 Å². The van der Waals surface area contributed by atoms with Crippen molar-refractivity contribution >= 4 is 76.2 Å². The third-order valence-corrected chi connectivity index (χ3v) is 11.1. The van der Waals surface area contributed by atoms with Crippen LogP contribution < -0.4 is 0 Å². The Bertz CT molecular complexity index is 3460. The maximum absolute atomic E-state index is 6.84. The van der Waals surface area contributed by atoms with Crippen molar-refractivity contribution in [1.82, 2.24) is 15.0 Å². The topological polar surface area (TPSA) is 65.0 Å². The van der Waals surface area contributed by atoms with Gasteiger partial charge in [0.15, 0.2) is 17.5 Å². The number of para-hydroxylation sites is 2. The maximum Gasteiger partial charge on any atom is 0.164 e. The summed E-state index contributed by atoms with van der Waals surface area (Å²) in [6.45, 7) is 0. The van der Waals surface area contributed by atoms with Crippen LogP contribution in [-0.4, -0.2) is 15.0 Å². The molecule has 0 aliphatic carbocycles. The van der Waals surface area contributed by atoms with Crippen molar-refractivity contribution in [2.24, 2.45) is 0 Å². The molecule has 0 aliphatic heterocycles. The Morgan fingerprint density at radius 2 is 0.857 bits per heavy atom. The average molecular weight is 716 g/mol. The summed E-state index contributed by atoms with van der Waals surface area (Å²) < 4.78 is 13.3. The van der Waals surface area contributed by atoms with Crippen molar-refractivity contribution in [3.8, 4) is 45.3 Å². The normalized spacial score (nSPS) is 11.9. The van der Waals surface area contributed by atoms with Crippen LogP contribution in [0, 0.1) is 0 Å². The molecule has 260 valence electrons. The second-order valence-electron chi connectivity index (χ2n) is 14.3. The molecule has 0 atom stereocenters. The number of nitrogens with zero attached hydrogens (tertiary/aromatic N) is 3. The Labute approximate surface area is 320 Å². The van der Waals surface area contributed by atoms with E-state index in [2.05, 4.69) is 152 Å². The van der Waals surface area contributed by atoms with E-state index in [9.17, 15) is 0 Å². The minimum Gasteiger partial charge on any atom is -0.456 e. The Balaban J connectivity index is 1.10. The van der Waals surface area contributed by atoms with Gasteiger partial charge in [-0.2, -0.15) is 0 Å².